The van der Waals surface area contributed by atoms with Crippen molar-refractivity contribution in [2.45, 2.75) is 141 Å². The van der Waals surface area contributed by atoms with Gasteiger partial charge in [0.2, 0.25) is 0 Å². The van der Waals surface area contributed by atoms with Crippen molar-refractivity contribution in [1.29, 1.82) is 0 Å². The van der Waals surface area contributed by atoms with Crippen LogP contribution in [0.4, 0.5) is 0 Å². The zero-order valence-electron chi connectivity index (χ0n) is 19.1. The molecule has 0 aliphatic rings. The highest BCUT2D eigenvalue weighted by molar-refractivity contribution is 5.57. The molecule has 0 aliphatic heterocycles. The number of carbonyl (C=O) groups is 1. The second-order valence-electron chi connectivity index (χ2n) is 8.59. The molecule has 0 saturated heterocycles. The van der Waals surface area contributed by atoms with Gasteiger partial charge in [0.05, 0.1) is 12.6 Å². The molecule has 0 rings (SSSR count). The third-order valence-electron chi connectivity index (χ3n) is 5.63. The van der Waals surface area contributed by atoms with E-state index in [1.54, 1.807) is 0 Å². The van der Waals surface area contributed by atoms with E-state index in [0.717, 1.165) is 19.3 Å². The Labute approximate surface area is 176 Å². The Bertz CT molecular complexity index is 296. The number of unbranched alkanes of at least 4 members (excludes halogenated alkanes) is 19. The lowest BCUT2D eigenvalue weighted by Gasteiger charge is -2.06. The van der Waals surface area contributed by atoms with E-state index in [4.69, 9.17) is 10.5 Å². The minimum absolute atomic E-state index is 0.364. The molecular formula is C25H51NO2. The first kappa shape index (κ1) is 27.6. The van der Waals surface area contributed by atoms with Gasteiger partial charge in [0, 0.05) is 6.61 Å². The van der Waals surface area contributed by atoms with Crippen molar-refractivity contribution in [3.8, 4) is 0 Å². The van der Waals surface area contributed by atoms with Gasteiger partial charge in [-0.2, -0.15) is 0 Å². The summed E-state index contributed by atoms with van der Waals surface area (Å²) in [5, 5.41) is 0. The van der Waals surface area contributed by atoms with Crippen LogP contribution in [-0.2, 0) is 9.53 Å². The molecule has 168 valence electrons. The van der Waals surface area contributed by atoms with Crippen LogP contribution in [0.2, 0.25) is 0 Å². The summed E-state index contributed by atoms with van der Waals surface area (Å²) < 4.78 is 5.37. The minimum Gasteiger partial charge on any atom is -0.379 e. The van der Waals surface area contributed by atoms with Gasteiger partial charge in [-0.25, -0.2) is 0 Å². The molecule has 0 bridgehead atoms. The number of aldehydes is 1. The summed E-state index contributed by atoms with van der Waals surface area (Å²) in [6, 6.07) is -0.454. The van der Waals surface area contributed by atoms with Crippen LogP contribution < -0.4 is 5.73 Å². The van der Waals surface area contributed by atoms with Crippen LogP contribution in [0.1, 0.15) is 135 Å². The zero-order chi connectivity index (χ0) is 20.5. The van der Waals surface area contributed by atoms with E-state index >= 15 is 0 Å². The molecule has 0 radical (unpaired) electrons. The Morgan fingerprint density at radius 3 is 1.25 bits per heavy atom. The van der Waals surface area contributed by atoms with Gasteiger partial charge in [0.15, 0.2) is 0 Å². The van der Waals surface area contributed by atoms with Crippen molar-refractivity contribution in [2.75, 3.05) is 13.2 Å². The lowest BCUT2D eigenvalue weighted by Crippen LogP contribution is -2.27. The number of nitrogens with two attached hydrogens (primary N) is 1. The molecule has 0 aromatic rings. The van der Waals surface area contributed by atoms with Gasteiger partial charge in [0.25, 0.3) is 0 Å². The van der Waals surface area contributed by atoms with Crippen molar-refractivity contribution in [3.63, 3.8) is 0 Å². The Morgan fingerprint density at radius 2 is 0.929 bits per heavy atom. The van der Waals surface area contributed by atoms with Gasteiger partial charge in [-0.1, -0.05) is 129 Å². The second kappa shape index (κ2) is 24.6. The van der Waals surface area contributed by atoms with E-state index in [0.29, 0.717) is 6.61 Å². The van der Waals surface area contributed by atoms with E-state index in [2.05, 4.69) is 6.92 Å². The van der Waals surface area contributed by atoms with Crippen molar-refractivity contribution in [3.05, 3.63) is 0 Å². The highest BCUT2D eigenvalue weighted by Crippen LogP contribution is 2.14. The molecular weight excluding hydrogens is 346 g/mol. The molecule has 1 unspecified atom stereocenters. The van der Waals surface area contributed by atoms with Crippen molar-refractivity contribution in [1.82, 2.24) is 0 Å². The topological polar surface area (TPSA) is 52.3 Å². The van der Waals surface area contributed by atoms with E-state index in [9.17, 15) is 4.79 Å². The first-order chi connectivity index (χ1) is 13.8. The maximum Gasteiger partial charge on any atom is 0.139 e. The van der Waals surface area contributed by atoms with Gasteiger partial charge in [-0.15, -0.1) is 0 Å². The average Bonchev–Trinajstić information content (AvgIpc) is 2.71. The molecule has 0 amide bonds. The van der Waals surface area contributed by atoms with Crippen LogP contribution >= 0.6 is 0 Å². The Morgan fingerprint density at radius 1 is 0.607 bits per heavy atom. The maximum atomic E-state index is 10.3. The highest BCUT2D eigenvalue weighted by atomic mass is 16.5. The van der Waals surface area contributed by atoms with Crippen LogP contribution in [0.3, 0.4) is 0 Å². The maximum absolute atomic E-state index is 10.3. The van der Waals surface area contributed by atoms with Gasteiger partial charge in [-0.3, -0.25) is 0 Å². The summed E-state index contributed by atoms with van der Waals surface area (Å²) in [6.45, 7) is 3.39. The monoisotopic (exact) mass is 397 g/mol. The zero-order valence-corrected chi connectivity index (χ0v) is 19.1. The molecule has 0 spiro atoms. The summed E-state index contributed by atoms with van der Waals surface area (Å²) in [5.41, 5.74) is 5.47. The predicted molar refractivity (Wildman–Crippen MR) is 123 cm³/mol. The Kier molecular flexibility index (Phi) is 24.3. The quantitative estimate of drug-likeness (QED) is 0.137. The molecule has 1 atom stereocenters. The Hall–Kier alpha value is -0.410. The SMILES string of the molecule is CCCCCCCCCCCCCCCCCCCCCCOCC(N)C=O. The average molecular weight is 398 g/mol. The van der Waals surface area contributed by atoms with Crippen LogP contribution in [0, 0.1) is 0 Å². The molecule has 0 fully saturated rings. The van der Waals surface area contributed by atoms with Gasteiger partial charge < -0.3 is 15.3 Å². The third kappa shape index (κ3) is 23.6. The fraction of sp³-hybridized carbons (Fsp3) is 0.960. The van der Waals surface area contributed by atoms with Gasteiger partial charge >= 0.3 is 0 Å². The first-order valence-corrected chi connectivity index (χ1v) is 12.6. The van der Waals surface area contributed by atoms with E-state index in [1.807, 2.05) is 0 Å². The van der Waals surface area contributed by atoms with Crippen LogP contribution in [-0.4, -0.2) is 25.5 Å². The van der Waals surface area contributed by atoms with Gasteiger partial charge in [-0.05, 0) is 6.42 Å². The lowest BCUT2D eigenvalue weighted by atomic mass is 10.0. The fourth-order valence-electron chi connectivity index (χ4n) is 3.72. The summed E-state index contributed by atoms with van der Waals surface area (Å²) >= 11 is 0. The standard InChI is InChI=1S/C25H51NO2/c1-2-3-4-5-6-7-8-9-10-11-12-13-14-15-16-17-18-19-20-21-22-28-24-25(26)23-27/h23,25H,2-22,24,26H2,1H3. The van der Waals surface area contributed by atoms with E-state index in [1.165, 1.54) is 122 Å². The Balaban J connectivity index is 3.00. The molecule has 0 aromatic carbocycles. The second-order valence-corrected chi connectivity index (χ2v) is 8.59. The van der Waals surface area contributed by atoms with Crippen molar-refractivity contribution < 1.29 is 9.53 Å². The van der Waals surface area contributed by atoms with Crippen LogP contribution in [0.25, 0.3) is 0 Å². The minimum atomic E-state index is -0.454. The van der Waals surface area contributed by atoms with Crippen molar-refractivity contribution in [2.24, 2.45) is 5.73 Å². The summed E-state index contributed by atoms with van der Waals surface area (Å²) in [7, 11) is 0. The molecule has 28 heavy (non-hydrogen) atoms. The number of rotatable bonds is 24. The largest absolute Gasteiger partial charge is 0.379 e. The van der Waals surface area contributed by atoms with Crippen molar-refractivity contribution >= 4 is 6.29 Å². The summed E-state index contributed by atoms with van der Waals surface area (Å²) in [6.07, 6.45) is 28.7. The first-order valence-electron chi connectivity index (χ1n) is 12.6. The molecule has 2 N–H and O–H groups in total. The lowest BCUT2D eigenvalue weighted by molar-refractivity contribution is -0.110. The smallest absolute Gasteiger partial charge is 0.139 e. The van der Waals surface area contributed by atoms with Gasteiger partial charge in [0.1, 0.15) is 6.29 Å². The third-order valence-corrected chi connectivity index (χ3v) is 5.63. The molecule has 3 nitrogen and oxygen atoms in total. The fourth-order valence-corrected chi connectivity index (χ4v) is 3.72. The molecule has 0 aliphatic carbocycles. The normalized spacial score (nSPS) is 12.4. The number of ether oxygens (including phenoxy) is 1. The van der Waals surface area contributed by atoms with Crippen LogP contribution in [0.5, 0.6) is 0 Å². The van der Waals surface area contributed by atoms with Crippen LogP contribution in [0.15, 0.2) is 0 Å². The molecule has 0 saturated carbocycles. The molecule has 0 aromatic heterocycles. The van der Waals surface area contributed by atoms with E-state index < -0.39 is 6.04 Å². The number of hydrogen-bond donors (Lipinski definition) is 1. The summed E-state index contributed by atoms with van der Waals surface area (Å²) in [4.78, 5) is 10.3. The number of carbonyl (C=O) groups excluding carboxylic acids is 1. The predicted octanol–water partition coefficient (Wildman–Crippen LogP) is 7.35. The highest BCUT2D eigenvalue weighted by Gasteiger charge is 1.99. The number of hydrogen-bond acceptors (Lipinski definition) is 3. The molecule has 3 heteroatoms. The molecule has 0 heterocycles. The van der Waals surface area contributed by atoms with E-state index in [-0.39, 0.29) is 0 Å². The summed E-state index contributed by atoms with van der Waals surface area (Å²) in [5.74, 6) is 0.